The number of hydrogen-bond donors (Lipinski definition) is 0. The minimum Gasteiger partial charge on any atom is -0.355 e. The van der Waals surface area contributed by atoms with Crippen LogP contribution in [0, 0.1) is 0 Å². The molecule has 0 unspecified atom stereocenters. The van der Waals surface area contributed by atoms with Gasteiger partial charge >= 0.3 is 0 Å². The molecule has 0 atom stereocenters. The van der Waals surface area contributed by atoms with Crippen LogP contribution in [0.2, 0.25) is 5.15 Å². The number of halogens is 2. The van der Waals surface area contributed by atoms with Crippen molar-refractivity contribution in [1.29, 1.82) is 0 Å². The molecule has 0 aromatic carbocycles. The van der Waals surface area contributed by atoms with E-state index in [1.807, 2.05) is 0 Å². The molecule has 58 valence electrons. The second-order valence-electron chi connectivity index (χ2n) is 1.69. The Balaban J connectivity index is 2.71. The van der Waals surface area contributed by atoms with E-state index in [2.05, 4.69) is 9.68 Å². The largest absolute Gasteiger partial charge is 0.355 e. The van der Waals surface area contributed by atoms with Crippen molar-refractivity contribution in [2.45, 2.75) is 0 Å². The van der Waals surface area contributed by atoms with Crippen LogP contribution in [0.3, 0.4) is 0 Å². The molecule has 1 rings (SSSR count). The molecule has 0 fully saturated rings. The summed E-state index contributed by atoms with van der Waals surface area (Å²) in [6, 6.07) is 1.47. The van der Waals surface area contributed by atoms with Gasteiger partial charge in [-0.05, 0) is 17.7 Å². The molecule has 0 aliphatic carbocycles. The lowest BCUT2D eigenvalue weighted by Crippen LogP contribution is -1.73. The fourth-order valence-electron chi connectivity index (χ4n) is 0.493. The van der Waals surface area contributed by atoms with Gasteiger partial charge in [0.1, 0.15) is 0 Å². The van der Waals surface area contributed by atoms with E-state index < -0.39 is 5.24 Å². The fraction of sp³-hybridized carbons (Fsp3) is 0. The van der Waals surface area contributed by atoms with E-state index in [0.717, 1.165) is 6.08 Å². The first-order valence-electron chi connectivity index (χ1n) is 2.68. The predicted molar refractivity (Wildman–Crippen MR) is 41.4 cm³/mol. The van der Waals surface area contributed by atoms with E-state index in [1.165, 1.54) is 12.1 Å². The van der Waals surface area contributed by atoms with Gasteiger partial charge in [0, 0.05) is 12.1 Å². The first-order chi connectivity index (χ1) is 5.18. The molecule has 0 N–H and O–H groups in total. The summed E-state index contributed by atoms with van der Waals surface area (Å²) in [5.74, 6) is 0.393. The van der Waals surface area contributed by atoms with Gasteiger partial charge in [0.25, 0.3) is 0 Å². The number of aromatic nitrogens is 1. The maximum absolute atomic E-state index is 10.2. The third-order valence-corrected chi connectivity index (χ3v) is 1.18. The van der Waals surface area contributed by atoms with Crippen molar-refractivity contribution in [2.24, 2.45) is 0 Å². The molecule has 0 spiro atoms. The highest BCUT2D eigenvalue weighted by Gasteiger charge is 1.96. The Morgan fingerprint density at radius 1 is 1.73 bits per heavy atom. The molecule has 0 bridgehead atoms. The smallest absolute Gasteiger partial charge is 0.245 e. The molecule has 1 aromatic rings. The molecule has 0 saturated carbocycles. The van der Waals surface area contributed by atoms with Gasteiger partial charge in [-0.25, -0.2) is 0 Å². The van der Waals surface area contributed by atoms with E-state index in [0.29, 0.717) is 5.76 Å². The minimum absolute atomic E-state index is 0.242. The summed E-state index contributed by atoms with van der Waals surface area (Å²) < 4.78 is 4.64. The van der Waals surface area contributed by atoms with E-state index in [4.69, 9.17) is 23.2 Å². The van der Waals surface area contributed by atoms with Crippen molar-refractivity contribution < 1.29 is 9.32 Å². The van der Waals surface area contributed by atoms with Crippen molar-refractivity contribution in [1.82, 2.24) is 5.16 Å². The summed E-state index contributed by atoms with van der Waals surface area (Å²) in [4.78, 5) is 10.2. The highest BCUT2D eigenvalue weighted by Crippen LogP contribution is 2.09. The Bertz CT molecular complexity index is 293. The summed E-state index contributed by atoms with van der Waals surface area (Å²) in [7, 11) is 0. The summed E-state index contributed by atoms with van der Waals surface area (Å²) in [6.07, 6.45) is 2.53. The molecule has 0 saturated heterocycles. The quantitative estimate of drug-likeness (QED) is 0.532. The zero-order valence-corrected chi connectivity index (χ0v) is 6.76. The van der Waals surface area contributed by atoms with Gasteiger partial charge < -0.3 is 4.52 Å². The molecule has 3 nitrogen and oxygen atoms in total. The third kappa shape index (κ3) is 2.74. The molecule has 1 heterocycles. The van der Waals surface area contributed by atoms with Gasteiger partial charge in [-0.15, -0.1) is 0 Å². The normalized spacial score (nSPS) is 10.7. The Morgan fingerprint density at radius 3 is 2.91 bits per heavy atom. The standard InChI is InChI=1S/C6H3Cl2NO2/c7-5-3-4(11-9-5)1-2-6(8)10/h1-3H/b2-1+. The second kappa shape index (κ2) is 3.55. The predicted octanol–water partition coefficient (Wildman–Crippen LogP) is 2.11. The molecular weight excluding hydrogens is 189 g/mol. The summed E-state index contributed by atoms with van der Waals surface area (Å²) >= 11 is 10.4. The zero-order valence-electron chi connectivity index (χ0n) is 5.25. The molecule has 0 aliphatic heterocycles. The molecule has 5 heteroatoms. The number of nitrogens with zero attached hydrogens (tertiary/aromatic N) is 1. The number of hydrogen-bond acceptors (Lipinski definition) is 3. The lowest BCUT2D eigenvalue weighted by atomic mass is 10.4. The second-order valence-corrected chi connectivity index (χ2v) is 2.45. The van der Waals surface area contributed by atoms with Crippen LogP contribution in [0.15, 0.2) is 16.7 Å². The lowest BCUT2D eigenvalue weighted by Gasteiger charge is -1.76. The number of allylic oxidation sites excluding steroid dienone is 1. The maximum Gasteiger partial charge on any atom is 0.245 e. The van der Waals surface area contributed by atoms with E-state index in [9.17, 15) is 4.79 Å². The number of carbonyl (C=O) groups excluding carboxylic acids is 1. The minimum atomic E-state index is -0.572. The average Bonchev–Trinajstić information content (AvgIpc) is 2.31. The van der Waals surface area contributed by atoms with Gasteiger partial charge in [0.2, 0.25) is 5.24 Å². The Hall–Kier alpha value is -0.800. The maximum atomic E-state index is 10.2. The van der Waals surface area contributed by atoms with E-state index in [1.54, 1.807) is 0 Å². The summed E-state index contributed by atoms with van der Waals surface area (Å²) in [5.41, 5.74) is 0. The van der Waals surface area contributed by atoms with Gasteiger partial charge in [-0.3, -0.25) is 4.79 Å². The van der Waals surface area contributed by atoms with Gasteiger partial charge in [0.05, 0.1) is 0 Å². The van der Waals surface area contributed by atoms with Crippen LogP contribution in [0.25, 0.3) is 6.08 Å². The van der Waals surface area contributed by atoms with E-state index in [-0.39, 0.29) is 5.15 Å². The third-order valence-electron chi connectivity index (χ3n) is 0.878. The molecule has 1 aromatic heterocycles. The van der Waals surface area contributed by atoms with Gasteiger partial charge in [-0.2, -0.15) is 0 Å². The fourth-order valence-corrected chi connectivity index (χ4v) is 0.698. The van der Waals surface area contributed by atoms with Gasteiger partial charge in [-0.1, -0.05) is 16.8 Å². The summed E-state index contributed by atoms with van der Waals surface area (Å²) in [5, 5.41) is 3.05. The molecule has 0 aliphatic rings. The van der Waals surface area contributed by atoms with Crippen molar-refractivity contribution in [3.05, 3.63) is 23.1 Å². The highest BCUT2D eigenvalue weighted by atomic mass is 35.5. The first kappa shape index (κ1) is 8.30. The van der Waals surface area contributed by atoms with Crippen LogP contribution in [0.4, 0.5) is 0 Å². The van der Waals surface area contributed by atoms with Crippen LogP contribution < -0.4 is 0 Å². The summed E-state index contributed by atoms with van der Waals surface area (Å²) in [6.45, 7) is 0. The van der Waals surface area contributed by atoms with Crippen LogP contribution in [-0.4, -0.2) is 10.4 Å². The van der Waals surface area contributed by atoms with Gasteiger partial charge in [0.15, 0.2) is 10.9 Å². The topological polar surface area (TPSA) is 43.1 Å². The average molecular weight is 192 g/mol. The van der Waals surface area contributed by atoms with Crippen LogP contribution in [0.1, 0.15) is 5.76 Å². The van der Waals surface area contributed by atoms with Crippen molar-refractivity contribution in [3.63, 3.8) is 0 Å². The van der Waals surface area contributed by atoms with Crippen LogP contribution in [-0.2, 0) is 4.79 Å². The number of rotatable bonds is 2. The number of carbonyl (C=O) groups is 1. The highest BCUT2D eigenvalue weighted by molar-refractivity contribution is 6.66. The van der Waals surface area contributed by atoms with E-state index >= 15 is 0 Å². The Labute approximate surface area is 72.6 Å². The van der Waals surface area contributed by atoms with Crippen LogP contribution in [0.5, 0.6) is 0 Å². The Kier molecular flexibility index (Phi) is 2.68. The first-order valence-corrected chi connectivity index (χ1v) is 3.44. The molecule has 11 heavy (non-hydrogen) atoms. The lowest BCUT2D eigenvalue weighted by molar-refractivity contribution is -0.107. The monoisotopic (exact) mass is 191 g/mol. The molecule has 0 radical (unpaired) electrons. The zero-order chi connectivity index (χ0) is 8.27. The SMILES string of the molecule is O=C(Cl)/C=C/c1cc(Cl)no1. The van der Waals surface area contributed by atoms with Crippen molar-refractivity contribution in [2.75, 3.05) is 0 Å². The molecule has 0 amide bonds. The van der Waals surface area contributed by atoms with Crippen LogP contribution >= 0.6 is 23.2 Å². The molecular formula is C6H3Cl2NO2. The van der Waals surface area contributed by atoms with Crippen molar-refractivity contribution in [3.8, 4) is 0 Å². The Morgan fingerprint density at radius 2 is 2.45 bits per heavy atom. The van der Waals surface area contributed by atoms with Crippen molar-refractivity contribution >= 4 is 34.5 Å².